The summed E-state index contributed by atoms with van der Waals surface area (Å²) < 4.78 is 0. The number of ketones is 1. The van der Waals surface area contributed by atoms with Gasteiger partial charge in [0.05, 0.1) is 0 Å². The Hall–Kier alpha value is -0.330. The van der Waals surface area contributed by atoms with Crippen molar-refractivity contribution in [2.75, 3.05) is 0 Å². The van der Waals surface area contributed by atoms with E-state index in [9.17, 15) is 4.79 Å². The first-order chi connectivity index (χ1) is 20.2. The standard InChI is InChI=1S/C38H74O.C2H6/c1-5-9-11-13-15-16-18-22-28-34(32-38(39)35(26-7-3)27-8-4)29-23-19-17-21-25-31-37-33-36(37)30-24-20-14-12-10-6-2;1-2/h34-37H,5-33H2,1-4H3;1-2H3. The zero-order valence-electron chi connectivity index (χ0n) is 29.7. The van der Waals surface area contributed by atoms with Crippen LogP contribution in [0.3, 0.4) is 0 Å². The lowest BCUT2D eigenvalue weighted by Crippen LogP contribution is -2.18. The SMILES string of the molecule is CC.CCCCCCCCCCC(CCCCCCCC1CC1CCCCCCCC)CC(=O)C(CCC)CCC. The summed E-state index contributed by atoms with van der Waals surface area (Å²) in [6.07, 6.45) is 39.5. The molecule has 0 heterocycles. The highest BCUT2D eigenvalue weighted by Gasteiger charge is 2.35. The minimum absolute atomic E-state index is 0.341. The number of hydrogen-bond acceptors (Lipinski definition) is 1. The number of rotatable bonds is 31. The van der Waals surface area contributed by atoms with E-state index in [4.69, 9.17) is 0 Å². The predicted molar refractivity (Wildman–Crippen MR) is 187 cm³/mol. The molecule has 1 rings (SSSR count). The molecule has 3 unspecified atom stereocenters. The van der Waals surface area contributed by atoms with Crippen molar-refractivity contribution in [3.63, 3.8) is 0 Å². The Morgan fingerprint density at radius 1 is 0.488 bits per heavy atom. The summed E-state index contributed by atoms with van der Waals surface area (Å²) in [6.45, 7) is 13.1. The third-order valence-electron chi connectivity index (χ3n) is 9.87. The third-order valence-corrected chi connectivity index (χ3v) is 9.87. The van der Waals surface area contributed by atoms with Gasteiger partial charge < -0.3 is 0 Å². The third kappa shape index (κ3) is 24.8. The van der Waals surface area contributed by atoms with Gasteiger partial charge in [-0.3, -0.25) is 4.79 Å². The number of carbonyl (C=O) groups excluding carboxylic acids is 1. The van der Waals surface area contributed by atoms with Crippen LogP contribution in [0, 0.1) is 23.7 Å². The molecule has 0 radical (unpaired) electrons. The van der Waals surface area contributed by atoms with Crippen LogP contribution in [0.25, 0.3) is 0 Å². The molecule has 1 heteroatoms. The minimum Gasteiger partial charge on any atom is -0.299 e. The molecular weight excluding hydrogens is 496 g/mol. The van der Waals surface area contributed by atoms with E-state index in [1.807, 2.05) is 13.8 Å². The van der Waals surface area contributed by atoms with Crippen molar-refractivity contribution < 1.29 is 4.79 Å². The van der Waals surface area contributed by atoms with Gasteiger partial charge in [0.2, 0.25) is 0 Å². The van der Waals surface area contributed by atoms with Gasteiger partial charge >= 0.3 is 0 Å². The highest BCUT2D eigenvalue weighted by atomic mass is 16.1. The van der Waals surface area contributed by atoms with E-state index < -0.39 is 0 Å². The Morgan fingerprint density at radius 3 is 1.24 bits per heavy atom. The van der Waals surface area contributed by atoms with Crippen molar-refractivity contribution >= 4 is 5.78 Å². The monoisotopic (exact) mass is 577 g/mol. The van der Waals surface area contributed by atoms with Crippen LogP contribution < -0.4 is 0 Å². The van der Waals surface area contributed by atoms with Crippen LogP contribution in [-0.4, -0.2) is 5.78 Å². The molecule has 1 aliphatic carbocycles. The summed E-state index contributed by atoms with van der Waals surface area (Å²) in [5, 5.41) is 0. The molecule has 0 spiro atoms. The van der Waals surface area contributed by atoms with Crippen molar-refractivity contribution in [2.24, 2.45) is 23.7 Å². The molecule has 246 valence electrons. The van der Waals surface area contributed by atoms with Gasteiger partial charge in [0.25, 0.3) is 0 Å². The van der Waals surface area contributed by atoms with Crippen molar-refractivity contribution in [3.8, 4) is 0 Å². The fourth-order valence-electron chi connectivity index (χ4n) is 7.10. The van der Waals surface area contributed by atoms with Crippen molar-refractivity contribution in [1.29, 1.82) is 0 Å². The number of carbonyl (C=O) groups is 1. The fourth-order valence-corrected chi connectivity index (χ4v) is 7.10. The second-order valence-corrected chi connectivity index (χ2v) is 13.7. The maximum absolute atomic E-state index is 13.2. The first kappa shape index (κ1) is 40.7. The van der Waals surface area contributed by atoms with E-state index in [2.05, 4.69) is 27.7 Å². The van der Waals surface area contributed by atoms with Crippen LogP contribution in [0.5, 0.6) is 0 Å². The summed E-state index contributed by atoms with van der Waals surface area (Å²) in [7, 11) is 0. The van der Waals surface area contributed by atoms with E-state index in [0.717, 1.165) is 43.9 Å². The fraction of sp³-hybridized carbons (Fsp3) is 0.975. The lowest BCUT2D eigenvalue weighted by Gasteiger charge is -2.20. The van der Waals surface area contributed by atoms with E-state index >= 15 is 0 Å². The zero-order valence-corrected chi connectivity index (χ0v) is 29.7. The van der Waals surface area contributed by atoms with Crippen LogP contribution in [0.15, 0.2) is 0 Å². The normalized spacial score (nSPS) is 17.0. The molecule has 0 aliphatic heterocycles. The lowest BCUT2D eigenvalue weighted by molar-refractivity contribution is -0.124. The smallest absolute Gasteiger partial charge is 0.136 e. The molecule has 1 aliphatic rings. The second kappa shape index (κ2) is 31.1. The average molecular weight is 577 g/mol. The van der Waals surface area contributed by atoms with Gasteiger partial charge in [-0.2, -0.15) is 0 Å². The quantitative estimate of drug-likeness (QED) is 0.0750. The molecule has 0 aromatic carbocycles. The summed E-state index contributed by atoms with van der Waals surface area (Å²) in [4.78, 5) is 13.2. The molecule has 41 heavy (non-hydrogen) atoms. The Labute approximate surface area is 261 Å². The molecule has 0 bridgehead atoms. The van der Waals surface area contributed by atoms with Gasteiger partial charge in [-0.25, -0.2) is 0 Å². The van der Waals surface area contributed by atoms with Crippen LogP contribution in [0.2, 0.25) is 0 Å². The Balaban J connectivity index is 0.00000781. The summed E-state index contributed by atoms with van der Waals surface area (Å²) in [6, 6.07) is 0. The molecule has 0 amide bonds. The molecule has 1 fully saturated rings. The Morgan fingerprint density at radius 2 is 0.854 bits per heavy atom. The molecule has 1 saturated carbocycles. The van der Waals surface area contributed by atoms with E-state index in [1.165, 1.54) is 148 Å². The van der Waals surface area contributed by atoms with Gasteiger partial charge in [0, 0.05) is 12.3 Å². The average Bonchev–Trinajstić information content (AvgIpc) is 3.74. The first-order valence-corrected chi connectivity index (χ1v) is 19.7. The summed E-state index contributed by atoms with van der Waals surface area (Å²) in [5.41, 5.74) is 0. The molecule has 1 nitrogen and oxygen atoms in total. The maximum Gasteiger partial charge on any atom is 0.136 e. The molecular formula is C40H80O. The highest BCUT2D eigenvalue weighted by molar-refractivity contribution is 5.81. The van der Waals surface area contributed by atoms with Gasteiger partial charge in [-0.1, -0.05) is 202 Å². The maximum atomic E-state index is 13.2. The van der Waals surface area contributed by atoms with E-state index in [1.54, 1.807) is 6.42 Å². The molecule has 0 N–H and O–H groups in total. The Bertz CT molecular complexity index is 519. The van der Waals surface area contributed by atoms with Gasteiger partial charge in [-0.05, 0) is 37.0 Å². The largest absolute Gasteiger partial charge is 0.299 e. The first-order valence-electron chi connectivity index (χ1n) is 19.7. The predicted octanol–water partition coefficient (Wildman–Crippen LogP) is 14.5. The molecule has 3 atom stereocenters. The van der Waals surface area contributed by atoms with Crippen molar-refractivity contribution in [2.45, 2.75) is 228 Å². The number of Topliss-reactive ketones (excluding diaryl/α,β-unsaturated/α-hetero) is 1. The van der Waals surface area contributed by atoms with Gasteiger partial charge in [0.15, 0.2) is 0 Å². The van der Waals surface area contributed by atoms with Crippen LogP contribution in [0.4, 0.5) is 0 Å². The van der Waals surface area contributed by atoms with Crippen LogP contribution in [0.1, 0.15) is 228 Å². The van der Waals surface area contributed by atoms with Crippen molar-refractivity contribution in [1.82, 2.24) is 0 Å². The second-order valence-electron chi connectivity index (χ2n) is 13.7. The number of unbranched alkanes of at least 4 members (excludes halogenated alkanes) is 16. The van der Waals surface area contributed by atoms with Gasteiger partial charge in [0.1, 0.15) is 5.78 Å². The molecule has 0 aromatic heterocycles. The summed E-state index contributed by atoms with van der Waals surface area (Å²) >= 11 is 0. The summed E-state index contributed by atoms with van der Waals surface area (Å²) in [5.74, 6) is 3.77. The highest BCUT2D eigenvalue weighted by Crippen LogP contribution is 2.45. The lowest BCUT2D eigenvalue weighted by atomic mass is 9.84. The van der Waals surface area contributed by atoms with E-state index in [-0.39, 0.29) is 0 Å². The number of hydrogen-bond donors (Lipinski definition) is 0. The van der Waals surface area contributed by atoms with Crippen LogP contribution in [-0.2, 0) is 4.79 Å². The minimum atomic E-state index is 0.341. The molecule has 0 aromatic rings. The zero-order chi connectivity index (χ0) is 30.4. The van der Waals surface area contributed by atoms with Crippen LogP contribution >= 0.6 is 0 Å². The van der Waals surface area contributed by atoms with E-state index in [0.29, 0.717) is 17.6 Å². The molecule has 0 saturated heterocycles. The topological polar surface area (TPSA) is 17.1 Å². The van der Waals surface area contributed by atoms with Crippen molar-refractivity contribution in [3.05, 3.63) is 0 Å². The Kier molecular flexibility index (Phi) is 30.9. The van der Waals surface area contributed by atoms with Gasteiger partial charge in [-0.15, -0.1) is 0 Å².